The highest BCUT2D eigenvalue weighted by molar-refractivity contribution is 7.89. The largest absolute Gasteiger partial charge is 0.395 e. The molecule has 1 rings (SSSR count). The van der Waals surface area contributed by atoms with Gasteiger partial charge in [0.1, 0.15) is 0 Å². The van der Waals surface area contributed by atoms with E-state index >= 15 is 0 Å². The predicted molar refractivity (Wildman–Crippen MR) is 60.1 cm³/mol. The molecule has 0 unspecified atom stereocenters. The molecule has 0 aromatic carbocycles. The van der Waals surface area contributed by atoms with E-state index in [0.29, 0.717) is 12.5 Å². The molecule has 1 fully saturated rings. The molecule has 0 spiro atoms. The summed E-state index contributed by atoms with van der Waals surface area (Å²) in [5.41, 5.74) is 0. The van der Waals surface area contributed by atoms with Crippen LogP contribution in [0.3, 0.4) is 0 Å². The molecule has 15 heavy (non-hydrogen) atoms. The van der Waals surface area contributed by atoms with Crippen LogP contribution < -0.4 is 0 Å². The normalized spacial score (nSPS) is 19.7. The van der Waals surface area contributed by atoms with Gasteiger partial charge in [-0.1, -0.05) is 19.3 Å². The van der Waals surface area contributed by atoms with Crippen molar-refractivity contribution in [3.05, 3.63) is 0 Å². The molecule has 0 amide bonds. The van der Waals surface area contributed by atoms with E-state index in [2.05, 4.69) is 0 Å². The van der Waals surface area contributed by atoms with Crippen molar-refractivity contribution in [2.75, 3.05) is 26.0 Å². The Hall–Kier alpha value is -0.130. The number of aliphatic hydroxyl groups excluding tert-OH is 1. The average molecular weight is 235 g/mol. The van der Waals surface area contributed by atoms with Crippen molar-refractivity contribution in [1.82, 2.24) is 4.31 Å². The number of hydrogen-bond acceptors (Lipinski definition) is 3. The van der Waals surface area contributed by atoms with Crippen LogP contribution in [-0.2, 0) is 10.0 Å². The lowest BCUT2D eigenvalue weighted by Crippen LogP contribution is -2.35. The highest BCUT2D eigenvalue weighted by Crippen LogP contribution is 2.24. The summed E-state index contributed by atoms with van der Waals surface area (Å²) in [7, 11) is -1.62. The smallest absolute Gasteiger partial charge is 0.216 e. The molecule has 0 aromatic rings. The Morgan fingerprint density at radius 1 is 1.27 bits per heavy atom. The second-order valence-electron chi connectivity index (χ2n) is 4.32. The molecule has 0 aromatic heterocycles. The van der Waals surface area contributed by atoms with Crippen molar-refractivity contribution in [2.24, 2.45) is 5.92 Å². The summed E-state index contributed by atoms with van der Waals surface area (Å²) < 4.78 is 24.5. The zero-order valence-electron chi connectivity index (χ0n) is 9.35. The quantitative estimate of drug-likeness (QED) is 0.767. The molecular weight excluding hydrogens is 214 g/mol. The van der Waals surface area contributed by atoms with Gasteiger partial charge < -0.3 is 5.11 Å². The van der Waals surface area contributed by atoms with Crippen molar-refractivity contribution in [2.45, 2.75) is 32.1 Å². The monoisotopic (exact) mass is 235 g/mol. The van der Waals surface area contributed by atoms with Crippen molar-refractivity contribution in [1.29, 1.82) is 0 Å². The lowest BCUT2D eigenvalue weighted by Gasteiger charge is -2.26. The minimum absolute atomic E-state index is 0.157. The Kier molecular flexibility index (Phi) is 5.02. The van der Waals surface area contributed by atoms with Gasteiger partial charge in [0.05, 0.1) is 12.4 Å². The van der Waals surface area contributed by atoms with E-state index in [-0.39, 0.29) is 12.4 Å². The second-order valence-corrected chi connectivity index (χ2v) is 6.52. The molecule has 0 heterocycles. The van der Waals surface area contributed by atoms with Crippen molar-refractivity contribution >= 4 is 10.0 Å². The Bertz CT molecular complexity index is 270. The van der Waals surface area contributed by atoms with Gasteiger partial charge in [0.25, 0.3) is 0 Å². The van der Waals surface area contributed by atoms with Gasteiger partial charge in [-0.3, -0.25) is 0 Å². The Morgan fingerprint density at radius 3 is 2.40 bits per heavy atom. The van der Waals surface area contributed by atoms with Crippen LogP contribution >= 0.6 is 0 Å². The molecule has 0 saturated heterocycles. The van der Waals surface area contributed by atoms with Crippen LogP contribution in [0, 0.1) is 5.92 Å². The fourth-order valence-corrected chi connectivity index (χ4v) is 3.10. The molecule has 0 aliphatic heterocycles. The van der Waals surface area contributed by atoms with E-state index in [1.165, 1.54) is 23.6 Å². The highest BCUT2D eigenvalue weighted by atomic mass is 32.2. The molecule has 1 aliphatic carbocycles. The standard InChI is InChI=1S/C10H21NO3S/c1-11(15(13,14)8-7-12)9-10-5-3-2-4-6-10/h10,12H,2-9H2,1H3. The first-order chi connectivity index (χ1) is 7.06. The highest BCUT2D eigenvalue weighted by Gasteiger charge is 2.22. The topological polar surface area (TPSA) is 57.6 Å². The summed E-state index contributed by atoms with van der Waals surface area (Å²) in [6, 6.07) is 0. The van der Waals surface area contributed by atoms with Crippen LogP contribution in [0.25, 0.3) is 0 Å². The summed E-state index contributed by atoms with van der Waals surface area (Å²) in [6.45, 7) is 0.319. The molecule has 1 N–H and O–H groups in total. The summed E-state index contributed by atoms with van der Waals surface area (Å²) in [5.74, 6) is 0.355. The molecule has 0 bridgehead atoms. The van der Waals surface area contributed by atoms with Gasteiger partial charge >= 0.3 is 0 Å². The Labute approximate surface area is 92.3 Å². The van der Waals surface area contributed by atoms with Crippen LogP contribution in [0.5, 0.6) is 0 Å². The zero-order valence-corrected chi connectivity index (χ0v) is 10.2. The molecule has 1 aliphatic rings. The lowest BCUT2D eigenvalue weighted by molar-refractivity contribution is 0.292. The van der Waals surface area contributed by atoms with Crippen LogP contribution in [0.2, 0.25) is 0 Å². The van der Waals surface area contributed by atoms with Gasteiger partial charge in [-0.2, -0.15) is 0 Å². The molecule has 1 saturated carbocycles. The molecule has 0 atom stereocenters. The van der Waals surface area contributed by atoms with Crippen molar-refractivity contribution in [3.8, 4) is 0 Å². The number of aliphatic hydroxyl groups is 1. The maximum Gasteiger partial charge on any atom is 0.216 e. The number of rotatable bonds is 5. The third kappa shape index (κ3) is 4.09. The maximum absolute atomic E-state index is 11.6. The fraction of sp³-hybridized carbons (Fsp3) is 1.00. The van der Waals surface area contributed by atoms with Crippen LogP contribution in [0.15, 0.2) is 0 Å². The lowest BCUT2D eigenvalue weighted by atomic mass is 9.89. The first-order valence-corrected chi connectivity index (χ1v) is 7.22. The van der Waals surface area contributed by atoms with Gasteiger partial charge in [0, 0.05) is 13.6 Å². The van der Waals surface area contributed by atoms with E-state index in [1.54, 1.807) is 7.05 Å². The van der Waals surface area contributed by atoms with Crippen molar-refractivity contribution in [3.63, 3.8) is 0 Å². The van der Waals surface area contributed by atoms with Gasteiger partial charge in [-0.05, 0) is 18.8 Å². The number of nitrogens with zero attached hydrogens (tertiary/aromatic N) is 1. The fourth-order valence-electron chi connectivity index (χ4n) is 2.12. The van der Waals surface area contributed by atoms with Crippen molar-refractivity contribution < 1.29 is 13.5 Å². The minimum Gasteiger partial charge on any atom is -0.395 e. The molecule has 5 heteroatoms. The van der Waals surface area contributed by atoms with E-state index in [4.69, 9.17) is 5.11 Å². The maximum atomic E-state index is 11.6. The summed E-state index contributed by atoms with van der Waals surface area (Å²) in [5, 5.41) is 8.65. The second kappa shape index (κ2) is 5.82. The number of hydrogen-bond donors (Lipinski definition) is 1. The van der Waals surface area contributed by atoms with E-state index in [0.717, 1.165) is 12.8 Å². The third-order valence-corrected chi connectivity index (χ3v) is 4.86. The Morgan fingerprint density at radius 2 is 1.87 bits per heavy atom. The number of sulfonamides is 1. The van der Waals surface area contributed by atoms with E-state index in [1.807, 2.05) is 0 Å². The van der Waals surface area contributed by atoms with E-state index in [9.17, 15) is 8.42 Å². The summed E-state index contributed by atoms with van der Waals surface area (Å²) in [4.78, 5) is 0. The van der Waals surface area contributed by atoms with Gasteiger partial charge in [0.2, 0.25) is 10.0 Å². The van der Waals surface area contributed by atoms with Crippen LogP contribution in [0.4, 0.5) is 0 Å². The Balaban J connectivity index is 2.43. The van der Waals surface area contributed by atoms with E-state index < -0.39 is 10.0 Å². The average Bonchev–Trinajstić information content (AvgIpc) is 2.19. The summed E-state index contributed by atoms with van der Waals surface area (Å²) in [6.07, 6.45) is 6.00. The first kappa shape index (κ1) is 12.9. The molecule has 0 radical (unpaired) electrons. The predicted octanol–water partition coefficient (Wildman–Crippen LogP) is 0.821. The van der Waals surface area contributed by atoms with Gasteiger partial charge in [-0.25, -0.2) is 12.7 Å². The SMILES string of the molecule is CN(CC1CCCCC1)S(=O)(=O)CCO. The molecule has 4 nitrogen and oxygen atoms in total. The molecular formula is C10H21NO3S. The third-order valence-electron chi connectivity index (χ3n) is 3.06. The first-order valence-electron chi connectivity index (χ1n) is 5.61. The minimum atomic E-state index is -3.23. The van der Waals surface area contributed by atoms with Gasteiger partial charge in [0.15, 0.2) is 0 Å². The van der Waals surface area contributed by atoms with Crippen LogP contribution in [-0.4, -0.2) is 43.8 Å². The summed E-state index contributed by atoms with van der Waals surface area (Å²) >= 11 is 0. The van der Waals surface area contributed by atoms with Gasteiger partial charge in [-0.15, -0.1) is 0 Å². The molecule has 90 valence electrons. The van der Waals surface area contributed by atoms with Crippen LogP contribution in [0.1, 0.15) is 32.1 Å². The zero-order chi connectivity index (χ0) is 11.3.